The highest BCUT2D eigenvalue weighted by atomic mass is 32.2. The van der Waals surface area contributed by atoms with E-state index in [-0.39, 0.29) is 6.04 Å². The third-order valence-corrected chi connectivity index (χ3v) is 5.01. The summed E-state index contributed by atoms with van der Waals surface area (Å²) in [6, 6.07) is 7.86. The van der Waals surface area contributed by atoms with Crippen LogP contribution in [0.15, 0.2) is 30.6 Å². The quantitative estimate of drug-likeness (QED) is 0.929. The zero-order valence-electron chi connectivity index (χ0n) is 11.9. The maximum absolute atomic E-state index is 11.7. The Morgan fingerprint density at radius 1 is 1.29 bits per heavy atom. The first-order chi connectivity index (χ1) is 10.0. The van der Waals surface area contributed by atoms with Crippen LogP contribution in [0.1, 0.15) is 12.8 Å². The van der Waals surface area contributed by atoms with Gasteiger partial charge in [0.1, 0.15) is 12.1 Å². The molecular formula is C14H18N4O2S. The highest BCUT2D eigenvalue weighted by Gasteiger charge is 2.26. The minimum absolute atomic E-state index is 0.0757. The fraction of sp³-hybridized carbons (Fsp3) is 0.429. The van der Waals surface area contributed by atoms with Gasteiger partial charge in [0, 0.05) is 24.5 Å². The summed E-state index contributed by atoms with van der Waals surface area (Å²) in [7, 11) is -3.13. The lowest BCUT2D eigenvalue weighted by atomic mass is 10.1. The lowest BCUT2D eigenvalue weighted by Crippen LogP contribution is -2.44. The van der Waals surface area contributed by atoms with Crippen LogP contribution < -0.4 is 5.32 Å². The Kier molecular flexibility index (Phi) is 3.77. The number of benzene rings is 1. The molecule has 1 aromatic carbocycles. The molecule has 1 unspecified atom stereocenters. The highest BCUT2D eigenvalue weighted by molar-refractivity contribution is 7.88. The Morgan fingerprint density at radius 2 is 2.10 bits per heavy atom. The lowest BCUT2D eigenvalue weighted by Gasteiger charge is -2.31. The maximum Gasteiger partial charge on any atom is 0.211 e. The number of aromatic nitrogens is 2. The van der Waals surface area contributed by atoms with Crippen molar-refractivity contribution in [3.8, 4) is 0 Å². The molecule has 112 valence electrons. The van der Waals surface area contributed by atoms with E-state index in [1.165, 1.54) is 16.9 Å². The molecule has 1 atom stereocenters. The second-order valence-corrected chi connectivity index (χ2v) is 7.33. The summed E-state index contributed by atoms with van der Waals surface area (Å²) in [5.41, 5.74) is 0.880. The number of fused-ring (bicyclic) bond motifs is 1. The minimum atomic E-state index is -3.13. The predicted molar refractivity (Wildman–Crippen MR) is 82.6 cm³/mol. The SMILES string of the molecule is CS(=O)(=O)N1CCCC(Nc2ncnc3ccccc23)C1. The van der Waals surface area contributed by atoms with E-state index < -0.39 is 10.0 Å². The normalized spacial score (nSPS) is 20.5. The van der Waals surface area contributed by atoms with E-state index in [4.69, 9.17) is 0 Å². The van der Waals surface area contributed by atoms with Gasteiger partial charge in [0.15, 0.2) is 0 Å². The van der Waals surface area contributed by atoms with Crippen molar-refractivity contribution in [3.05, 3.63) is 30.6 Å². The average molecular weight is 306 g/mol. The van der Waals surface area contributed by atoms with Crippen LogP contribution in [0.4, 0.5) is 5.82 Å². The largest absolute Gasteiger partial charge is 0.365 e. The first-order valence-corrected chi connectivity index (χ1v) is 8.80. The molecule has 21 heavy (non-hydrogen) atoms. The zero-order valence-corrected chi connectivity index (χ0v) is 12.7. The van der Waals surface area contributed by atoms with E-state index in [2.05, 4.69) is 15.3 Å². The minimum Gasteiger partial charge on any atom is -0.365 e. The van der Waals surface area contributed by atoms with Crippen molar-refractivity contribution in [2.45, 2.75) is 18.9 Å². The number of para-hydroxylation sites is 1. The molecule has 1 saturated heterocycles. The van der Waals surface area contributed by atoms with Gasteiger partial charge in [0.25, 0.3) is 0 Å². The van der Waals surface area contributed by atoms with Gasteiger partial charge in [-0.15, -0.1) is 0 Å². The molecule has 0 amide bonds. The molecule has 6 nitrogen and oxygen atoms in total. The van der Waals surface area contributed by atoms with Gasteiger partial charge in [-0.05, 0) is 25.0 Å². The third kappa shape index (κ3) is 3.14. The summed E-state index contributed by atoms with van der Waals surface area (Å²) in [6.45, 7) is 1.08. The van der Waals surface area contributed by atoms with Crippen molar-refractivity contribution in [2.24, 2.45) is 0 Å². The number of nitrogens with one attached hydrogen (secondary N) is 1. The van der Waals surface area contributed by atoms with Gasteiger partial charge in [-0.2, -0.15) is 0 Å². The molecule has 1 aliphatic heterocycles. The molecule has 0 spiro atoms. The van der Waals surface area contributed by atoms with Gasteiger partial charge in [0.05, 0.1) is 11.8 Å². The molecule has 1 fully saturated rings. The molecule has 2 heterocycles. The Hall–Kier alpha value is -1.73. The van der Waals surface area contributed by atoms with E-state index in [1.54, 1.807) is 0 Å². The second kappa shape index (κ2) is 5.57. The second-order valence-electron chi connectivity index (χ2n) is 5.34. The van der Waals surface area contributed by atoms with E-state index in [0.717, 1.165) is 29.6 Å². The highest BCUT2D eigenvalue weighted by Crippen LogP contribution is 2.22. The Labute approximate surface area is 124 Å². The van der Waals surface area contributed by atoms with E-state index >= 15 is 0 Å². The van der Waals surface area contributed by atoms with Crippen molar-refractivity contribution in [1.29, 1.82) is 0 Å². The van der Waals surface area contributed by atoms with Crippen molar-refractivity contribution in [2.75, 3.05) is 24.7 Å². The van der Waals surface area contributed by atoms with Crippen LogP contribution in [0.2, 0.25) is 0 Å². The van der Waals surface area contributed by atoms with E-state index in [1.807, 2.05) is 24.3 Å². The molecule has 7 heteroatoms. The van der Waals surface area contributed by atoms with Gasteiger partial charge in [-0.3, -0.25) is 0 Å². The first-order valence-electron chi connectivity index (χ1n) is 6.95. The summed E-state index contributed by atoms with van der Waals surface area (Å²) in [4.78, 5) is 8.53. The van der Waals surface area contributed by atoms with Crippen LogP contribution in [0.5, 0.6) is 0 Å². The fourth-order valence-electron chi connectivity index (χ4n) is 2.67. The Balaban J connectivity index is 1.82. The summed E-state index contributed by atoms with van der Waals surface area (Å²) < 4.78 is 24.9. The van der Waals surface area contributed by atoms with Crippen LogP contribution in [0, 0.1) is 0 Å². The lowest BCUT2D eigenvalue weighted by molar-refractivity contribution is 0.329. The van der Waals surface area contributed by atoms with Gasteiger partial charge in [-0.1, -0.05) is 12.1 Å². The predicted octanol–water partition coefficient (Wildman–Crippen LogP) is 1.47. The van der Waals surface area contributed by atoms with Crippen molar-refractivity contribution >= 4 is 26.7 Å². The molecule has 0 bridgehead atoms. The molecule has 0 saturated carbocycles. The number of sulfonamides is 1. The zero-order chi connectivity index (χ0) is 14.9. The van der Waals surface area contributed by atoms with Gasteiger partial charge in [-0.25, -0.2) is 22.7 Å². The molecule has 1 aliphatic rings. The summed E-state index contributed by atoms with van der Waals surface area (Å²) >= 11 is 0. The first kappa shape index (κ1) is 14.2. The van der Waals surface area contributed by atoms with E-state index in [0.29, 0.717) is 13.1 Å². The monoisotopic (exact) mass is 306 g/mol. The van der Waals surface area contributed by atoms with Crippen LogP contribution in [-0.2, 0) is 10.0 Å². The average Bonchev–Trinajstić information content (AvgIpc) is 2.47. The van der Waals surface area contributed by atoms with Gasteiger partial charge in [0.2, 0.25) is 10.0 Å². The smallest absolute Gasteiger partial charge is 0.211 e. The van der Waals surface area contributed by atoms with Crippen LogP contribution in [-0.4, -0.2) is 48.1 Å². The standard InChI is InChI=1S/C14H18N4O2S/c1-21(19,20)18-8-4-5-11(9-18)17-14-12-6-2-3-7-13(12)15-10-16-14/h2-3,6-7,10-11H,4-5,8-9H2,1H3,(H,15,16,17). The fourth-order valence-corrected chi connectivity index (χ4v) is 3.59. The van der Waals surface area contributed by atoms with Gasteiger partial charge < -0.3 is 5.32 Å². The Morgan fingerprint density at radius 3 is 2.90 bits per heavy atom. The van der Waals surface area contributed by atoms with Crippen LogP contribution in [0.3, 0.4) is 0 Å². The third-order valence-electron chi connectivity index (χ3n) is 3.74. The molecule has 0 radical (unpaired) electrons. The van der Waals surface area contributed by atoms with Crippen molar-refractivity contribution in [3.63, 3.8) is 0 Å². The molecule has 1 aromatic heterocycles. The molecular weight excluding hydrogens is 288 g/mol. The number of hydrogen-bond acceptors (Lipinski definition) is 5. The number of piperidine rings is 1. The van der Waals surface area contributed by atoms with Crippen LogP contribution >= 0.6 is 0 Å². The Bertz CT molecular complexity index is 742. The van der Waals surface area contributed by atoms with Crippen molar-refractivity contribution < 1.29 is 8.42 Å². The van der Waals surface area contributed by atoms with E-state index in [9.17, 15) is 8.42 Å². The summed E-state index contributed by atoms with van der Waals surface area (Å²) in [6.07, 6.45) is 4.58. The molecule has 0 aliphatic carbocycles. The van der Waals surface area contributed by atoms with Crippen molar-refractivity contribution in [1.82, 2.24) is 14.3 Å². The van der Waals surface area contributed by atoms with Crippen LogP contribution in [0.25, 0.3) is 10.9 Å². The number of rotatable bonds is 3. The molecule has 2 aromatic rings. The number of nitrogens with zero attached hydrogens (tertiary/aromatic N) is 3. The number of hydrogen-bond donors (Lipinski definition) is 1. The maximum atomic E-state index is 11.7. The summed E-state index contributed by atoms with van der Waals surface area (Å²) in [5, 5.41) is 4.32. The summed E-state index contributed by atoms with van der Waals surface area (Å²) in [5.74, 6) is 0.765. The molecule has 3 rings (SSSR count). The number of anilines is 1. The topological polar surface area (TPSA) is 75.2 Å². The molecule has 1 N–H and O–H groups in total. The van der Waals surface area contributed by atoms with Gasteiger partial charge >= 0.3 is 0 Å².